The molecule has 2 fully saturated rings. The number of para-hydroxylation sites is 1. The van der Waals surface area contributed by atoms with Crippen molar-refractivity contribution in [1.29, 1.82) is 0 Å². The van der Waals surface area contributed by atoms with Gasteiger partial charge in [0.05, 0.1) is 5.69 Å². The molecule has 0 heterocycles. The summed E-state index contributed by atoms with van der Waals surface area (Å²) < 4.78 is 0. The fraction of sp³-hybridized carbons (Fsp3) is 0.342. The Bertz CT molecular complexity index is 7560. The van der Waals surface area contributed by atoms with Crippen molar-refractivity contribution < 1.29 is 0 Å². The van der Waals surface area contributed by atoms with E-state index in [2.05, 4.69) is 571 Å². The third kappa shape index (κ3) is 20.3. The summed E-state index contributed by atoms with van der Waals surface area (Å²) in [7, 11) is 0. The van der Waals surface area contributed by atoms with Crippen molar-refractivity contribution in [2.75, 3.05) is 19.6 Å². The van der Waals surface area contributed by atoms with Gasteiger partial charge < -0.3 is 19.6 Å². The van der Waals surface area contributed by atoms with Gasteiger partial charge in [0.2, 0.25) is 0 Å². The van der Waals surface area contributed by atoms with Crippen LogP contribution in [0.1, 0.15) is 328 Å². The Morgan fingerprint density at radius 1 is 0.247 bits per heavy atom. The lowest BCUT2D eigenvalue weighted by Gasteiger charge is -2.45. The summed E-state index contributed by atoms with van der Waals surface area (Å²) in [6, 6.07) is 133. The summed E-state index contributed by atoms with van der Waals surface area (Å²) in [4.78, 5) is 10.4. The van der Waals surface area contributed by atoms with Crippen molar-refractivity contribution >= 4 is 45.5 Å². The minimum Gasteiger partial charge on any atom is -0.336 e. The Hall–Kier alpha value is -13.3. The molecular weight excluding hydrogens is 1810 g/mol. The molecule has 6 aliphatic rings. The van der Waals surface area contributed by atoms with Crippen LogP contribution < -0.4 is 19.6 Å². The number of fused-ring (bicyclic) bond motifs is 12. The molecule has 150 heavy (non-hydrogen) atoms. The van der Waals surface area contributed by atoms with Gasteiger partial charge in [-0.1, -0.05) is 401 Å². The molecule has 0 aromatic heterocycles. The molecule has 0 unspecified atom stereocenters. The van der Waals surface area contributed by atoms with Crippen LogP contribution in [0.15, 0.2) is 358 Å². The summed E-state index contributed by atoms with van der Waals surface area (Å²) >= 11 is 0. The molecule has 0 bridgehead atoms. The van der Waals surface area contributed by atoms with E-state index < -0.39 is 0 Å². The molecule has 2 saturated carbocycles. The zero-order valence-electron chi connectivity index (χ0n) is 95.4. The van der Waals surface area contributed by atoms with Gasteiger partial charge in [0.25, 0.3) is 0 Å². The van der Waals surface area contributed by atoms with Gasteiger partial charge in [-0.2, -0.15) is 0 Å². The molecule has 22 rings (SSSR count). The second kappa shape index (κ2) is 40.5. The Labute approximate surface area is 902 Å². The quantitative estimate of drug-likeness (QED) is 0.0956. The topological polar surface area (TPSA) is 13.0 Å². The fourth-order valence-electron chi connectivity index (χ4n) is 26.2. The monoisotopic (exact) mass is 1970 g/mol. The predicted octanol–water partition coefficient (Wildman–Crippen LogP) is 41.7. The van der Waals surface area contributed by atoms with E-state index in [9.17, 15) is 0 Å². The number of benzene rings is 16. The molecule has 0 amide bonds. The van der Waals surface area contributed by atoms with Crippen molar-refractivity contribution in [2.24, 2.45) is 10.8 Å². The maximum absolute atomic E-state index is 2.81. The van der Waals surface area contributed by atoms with Crippen LogP contribution in [-0.4, -0.2) is 22.2 Å². The van der Waals surface area contributed by atoms with Gasteiger partial charge >= 0.3 is 0 Å². The molecule has 0 N–H and O–H groups in total. The number of rotatable bonds is 16. The van der Waals surface area contributed by atoms with Crippen molar-refractivity contribution in [3.8, 4) is 89.0 Å². The van der Waals surface area contributed by atoms with E-state index in [0.717, 1.165) is 6.42 Å². The molecule has 0 spiro atoms. The SMILES string of the molecule is CC(C)c1cc2c(cc1N(c1ccc(-c3ccccc3)cc1)C(C)(C)C)-c1ccccc1C2(C)C.CC1(C)CCC(c2cc3c(cc2N(c2c(-c4ccccc4)cccc2C2CCC(C)(C)CC2)C(C)(C)C)-c2ccccc2C3(C)C)CC1.CCc1cc2c(cc1N(c1ccc(-c3ccccc3)cc1)C(C)(C)C)-c1ccccc1C2(C)C.Cc1cc2c(cc1N(c1ccc(-c3ccccc3)cc1)C(C)(C)C)-c1ccccc1C2(C)C. The lowest BCUT2D eigenvalue weighted by Crippen LogP contribution is -2.40. The molecule has 4 heteroatoms. The first-order chi connectivity index (χ1) is 71.1. The van der Waals surface area contributed by atoms with Gasteiger partial charge in [-0.15, -0.1) is 0 Å². The van der Waals surface area contributed by atoms with Crippen LogP contribution >= 0.6 is 0 Å². The molecule has 4 nitrogen and oxygen atoms in total. The first kappa shape index (κ1) is 105. The average Bonchev–Trinajstić information content (AvgIpc) is 1.22. The first-order valence-electron chi connectivity index (χ1n) is 56.1. The number of hydrogen-bond acceptors (Lipinski definition) is 4. The smallest absolute Gasteiger partial charge is 0.0530 e. The van der Waals surface area contributed by atoms with Crippen LogP contribution in [-0.2, 0) is 28.1 Å². The molecule has 16 aromatic rings. The second-order valence-electron chi connectivity index (χ2n) is 52.1. The highest BCUT2D eigenvalue weighted by molar-refractivity contribution is 5.94. The Morgan fingerprint density at radius 3 is 0.880 bits per heavy atom. The molecule has 768 valence electrons. The van der Waals surface area contributed by atoms with Crippen molar-refractivity contribution in [2.45, 2.75) is 313 Å². The minimum atomic E-state index is -0.141. The van der Waals surface area contributed by atoms with Crippen LogP contribution in [0.5, 0.6) is 0 Å². The largest absolute Gasteiger partial charge is 0.336 e. The molecule has 16 aromatic carbocycles. The summed E-state index contributed by atoms with van der Waals surface area (Å²) in [6.07, 6.45) is 11.2. The van der Waals surface area contributed by atoms with E-state index in [0.29, 0.717) is 28.6 Å². The third-order valence-electron chi connectivity index (χ3n) is 34.4. The first-order valence-corrected chi connectivity index (χ1v) is 56.1. The maximum Gasteiger partial charge on any atom is 0.0530 e. The zero-order valence-corrected chi connectivity index (χ0v) is 95.4. The molecule has 0 atom stereocenters. The van der Waals surface area contributed by atoms with Crippen LogP contribution in [0.2, 0.25) is 0 Å². The zero-order chi connectivity index (χ0) is 106. The summed E-state index contributed by atoms with van der Waals surface area (Å²) in [6.45, 7) is 66.2. The van der Waals surface area contributed by atoms with Gasteiger partial charge in [0.1, 0.15) is 0 Å². The van der Waals surface area contributed by atoms with Crippen molar-refractivity contribution in [1.82, 2.24) is 0 Å². The number of nitrogens with zero attached hydrogens (tertiary/aromatic N) is 4. The predicted molar refractivity (Wildman–Crippen MR) is 649 cm³/mol. The van der Waals surface area contributed by atoms with Gasteiger partial charge in [-0.3, -0.25) is 0 Å². The van der Waals surface area contributed by atoms with Gasteiger partial charge in [-0.05, 0) is 393 Å². The van der Waals surface area contributed by atoms with Crippen LogP contribution in [0, 0.1) is 17.8 Å². The highest BCUT2D eigenvalue weighted by Crippen LogP contribution is 2.61. The maximum atomic E-state index is 2.81. The standard InChI is InChI=1S/C47H59N.C34H37N.C33H35N.C32H33N/c1-44(2,3)48(43-35(32-16-11-10-12-17-32)19-15-20-36(43)33-22-26-45(4,5)27-23-33)42-31-39-37-18-13-14-21-40(37)47(8,9)41(39)30-38(42)34-24-28-46(6,7)29-25-34;1-23(2)28-21-31-29(27-15-11-12-16-30(27)34(31,6)7)22-32(28)35(33(3,4)5)26-19-17-25(18-20-26)24-13-9-8-10-14-24;1-7-23-21-30-28(27-15-11-12-16-29(27)33(30,5)6)22-31(23)34(32(2,3)4)26-19-17-25(18-20-26)24-13-9-8-10-14-24;1-22-20-29-27(26-14-10-11-15-28(26)32(29,5)6)21-30(22)33(31(2,3)4)25-18-16-24(17-19-25)23-12-8-7-9-13-23/h10-21,30-31,33-34H,22-29H2,1-9H3;8-23H,1-7H3;8-22H,7H2,1-6H3;7-21H,1-6H3. The Balaban J connectivity index is 0.000000127. The Morgan fingerprint density at radius 2 is 0.527 bits per heavy atom. The number of anilines is 8. The molecule has 6 aliphatic carbocycles. The molecule has 0 aliphatic heterocycles. The highest BCUT2D eigenvalue weighted by Gasteiger charge is 2.46. The van der Waals surface area contributed by atoms with E-state index in [1.165, 1.54) is 247 Å². The van der Waals surface area contributed by atoms with Crippen LogP contribution in [0.4, 0.5) is 45.5 Å². The van der Waals surface area contributed by atoms with Gasteiger partial charge in [0, 0.05) is 89.2 Å². The molecular formula is C146H164N4. The normalized spacial score (nSPS) is 16.0. The summed E-state index contributed by atoms with van der Waals surface area (Å²) in [5.41, 5.74) is 51.0. The van der Waals surface area contributed by atoms with Crippen molar-refractivity contribution in [3.63, 3.8) is 0 Å². The van der Waals surface area contributed by atoms with Crippen LogP contribution in [0.3, 0.4) is 0 Å². The summed E-state index contributed by atoms with van der Waals surface area (Å²) in [5, 5.41) is 0. The van der Waals surface area contributed by atoms with E-state index in [1.54, 1.807) is 11.1 Å². The van der Waals surface area contributed by atoms with Crippen molar-refractivity contribution in [3.05, 3.63) is 430 Å². The van der Waals surface area contributed by atoms with Gasteiger partial charge in [-0.25, -0.2) is 0 Å². The summed E-state index contributed by atoms with van der Waals surface area (Å²) in [5.74, 6) is 1.54. The third-order valence-corrected chi connectivity index (χ3v) is 34.4. The molecule has 0 saturated heterocycles. The lowest BCUT2D eigenvalue weighted by atomic mass is 9.69. The Kier molecular flexibility index (Phi) is 28.4. The van der Waals surface area contributed by atoms with Gasteiger partial charge in [0.15, 0.2) is 0 Å². The minimum absolute atomic E-state index is 0.0119. The fourth-order valence-corrected chi connectivity index (χ4v) is 26.2. The molecule has 0 radical (unpaired) electrons. The van der Waals surface area contributed by atoms with E-state index >= 15 is 0 Å². The highest BCUT2D eigenvalue weighted by atomic mass is 15.2. The van der Waals surface area contributed by atoms with Crippen LogP contribution in [0.25, 0.3) is 89.0 Å². The number of hydrogen-bond donors (Lipinski definition) is 0. The van der Waals surface area contributed by atoms with E-state index in [4.69, 9.17) is 0 Å². The van der Waals surface area contributed by atoms with E-state index in [-0.39, 0.29) is 43.8 Å². The second-order valence-corrected chi connectivity index (χ2v) is 52.1. The lowest BCUT2D eigenvalue weighted by molar-refractivity contribution is 0.224. The van der Waals surface area contributed by atoms with E-state index in [1.807, 2.05) is 0 Å². The average molecular weight is 1970 g/mol. The number of aryl methyl sites for hydroxylation is 2.